The van der Waals surface area contributed by atoms with Crippen molar-refractivity contribution in [1.29, 1.82) is 0 Å². The first-order chi connectivity index (χ1) is 9.38. The van der Waals surface area contributed by atoms with E-state index in [-0.39, 0.29) is 29.7 Å². The second-order valence-electron chi connectivity index (χ2n) is 4.88. The molecule has 0 heterocycles. The third-order valence-electron chi connectivity index (χ3n) is 3.07. The Bertz CT molecular complexity index is 500. The number of nitro benzene ring substituents is 1. The van der Waals surface area contributed by atoms with Crippen LogP contribution in [0.1, 0.15) is 37.6 Å². The molecule has 0 bridgehead atoms. The van der Waals surface area contributed by atoms with Crippen molar-refractivity contribution >= 4 is 17.2 Å². The van der Waals surface area contributed by atoms with Gasteiger partial charge in [-0.15, -0.1) is 0 Å². The topological polar surface area (TPSA) is 83.7 Å². The third kappa shape index (κ3) is 3.77. The van der Waals surface area contributed by atoms with Crippen molar-refractivity contribution in [3.63, 3.8) is 0 Å². The number of carbonyl (C=O) groups excluding carboxylic acids is 1. The van der Waals surface area contributed by atoms with Gasteiger partial charge in [-0.25, -0.2) is 0 Å². The zero-order chi connectivity index (χ0) is 15.3. The zero-order valence-electron chi connectivity index (χ0n) is 12.0. The number of hydrogen-bond acceptors (Lipinski definition) is 5. The molecule has 0 saturated carbocycles. The standard InChI is InChI=1S/C14H20N2O4/c1-10(2)15(7-4-8-17)12-5-6-14(16(19)20)13(9-12)11(3)18/h5-6,9-10,17H,4,7-8H2,1-3H3. The molecule has 110 valence electrons. The summed E-state index contributed by atoms with van der Waals surface area (Å²) in [6.07, 6.45) is 0.602. The Kier molecular flexibility index (Phi) is 5.64. The fraction of sp³-hybridized carbons (Fsp3) is 0.500. The second-order valence-corrected chi connectivity index (χ2v) is 4.88. The predicted octanol–water partition coefficient (Wildman–Crippen LogP) is 2.39. The molecule has 6 heteroatoms. The number of carbonyl (C=O) groups is 1. The molecule has 0 aliphatic carbocycles. The van der Waals surface area contributed by atoms with Crippen molar-refractivity contribution in [3.05, 3.63) is 33.9 Å². The molecule has 0 unspecified atom stereocenters. The lowest BCUT2D eigenvalue weighted by molar-refractivity contribution is -0.385. The number of nitrogens with zero attached hydrogens (tertiary/aromatic N) is 2. The summed E-state index contributed by atoms with van der Waals surface area (Å²) in [6.45, 7) is 6.01. The number of aliphatic hydroxyl groups is 1. The summed E-state index contributed by atoms with van der Waals surface area (Å²) >= 11 is 0. The van der Waals surface area contributed by atoms with Crippen LogP contribution in [-0.2, 0) is 0 Å². The van der Waals surface area contributed by atoms with Crippen LogP contribution in [0.2, 0.25) is 0 Å². The van der Waals surface area contributed by atoms with Gasteiger partial charge in [0, 0.05) is 30.9 Å². The van der Waals surface area contributed by atoms with Crippen molar-refractivity contribution < 1.29 is 14.8 Å². The smallest absolute Gasteiger partial charge is 0.280 e. The highest BCUT2D eigenvalue weighted by Crippen LogP contribution is 2.26. The van der Waals surface area contributed by atoms with Crippen LogP contribution in [0.3, 0.4) is 0 Å². The average Bonchev–Trinajstić information content (AvgIpc) is 2.38. The molecule has 0 fully saturated rings. The zero-order valence-corrected chi connectivity index (χ0v) is 12.0. The number of rotatable bonds is 7. The fourth-order valence-electron chi connectivity index (χ4n) is 2.07. The van der Waals surface area contributed by atoms with Crippen LogP contribution in [0.15, 0.2) is 18.2 Å². The second kappa shape index (κ2) is 7.00. The number of ketones is 1. The molecule has 0 aliphatic rings. The Hall–Kier alpha value is -1.95. The lowest BCUT2D eigenvalue weighted by atomic mass is 10.1. The fourth-order valence-corrected chi connectivity index (χ4v) is 2.07. The lowest BCUT2D eigenvalue weighted by Gasteiger charge is -2.29. The maximum Gasteiger partial charge on any atom is 0.280 e. The molecule has 0 aliphatic heterocycles. The molecular formula is C14H20N2O4. The molecule has 20 heavy (non-hydrogen) atoms. The van der Waals surface area contributed by atoms with Crippen molar-refractivity contribution in [1.82, 2.24) is 0 Å². The third-order valence-corrected chi connectivity index (χ3v) is 3.07. The van der Waals surface area contributed by atoms with E-state index in [1.54, 1.807) is 12.1 Å². The first-order valence-corrected chi connectivity index (χ1v) is 6.55. The summed E-state index contributed by atoms with van der Waals surface area (Å²) in [7, 11) is 0. The maximum absolute atomic E-state index is 11.6. The first-order valence-electron chi connectivity index (χ1n) is 6.55. The number of nitro groups is 1. The largest absolute Gasteiger partial charge is 0.396 e. The molecule has 0 radical (unpaired) electrons. The molecule has 0 atom stereocenters. The number of aliphatic hydroxyl groups excluding tert-OH is 1. The first kappa shape index (κ1) is 16.1. The molecule has 0 saturated heterocycles. The Morgan fingerprint density at radius 2 is 2.10 bits per heavy atom. The van der Waals surface area contributed by atoms with Crippen molar-refractivity contribution in [2.75, 3.05) is 18.1 Å². The monoisotopic (exact) mass is 280 g/mol. The van der Waals surface area contributed by atoms with Gasteiger partial charge in [0.2, 0.25) is 0 Å². The van der Waals surface area contributed by atoms with Crippen LogP contribution in [0.25, 0.3) is 0 Å². The van der Waals surface area contributed by atoms with Gasteiger partial charge in [-0.1, -0.05) is 0 Å². The molecule has 1 N–H and O–H groups in total. The van der Waals surface area contributed by atoms with E-state index in [2.05, 4.69) is 0 Å². The number of anilines is 1. The molecule has 0 amide bonds. The summed E-state index contributed by atoms with van der Waals surface area (Å²) in [5, 5.41) is 19.9. The van der Waals surface area contributed by atoms with E-state index in [4.69, 9.17) is 5.11 Å². The Morgan fingerprint density at radius 3 is 2.55 bits per heavy atom. The van der Waals surface area contributed by atoms with Crippen LogP contribution >= 0.6 is 0 Å². The number of hydrogen-bond donors (Lipinski definition) is 1. The minimum atomic E-state index is -0.548. The minimum Gasteiger partial charge on any atom is -0.396 e. The molecule has 1 rings (SSSR count). The van der Waals surface area contributed by atoms with E-state index >= 15 is 0 Å². The van der Waals surface area contributed by atoms with Gasteiger partial charge in [0.1, 0.15) is 0 Å². The van der Waals surface area contributed by atoms with Gasteiger partial charge in [0.05, 0.1) is 10.5 Å². The Labute approximate surface area is 118 Å². The van der Waals surface area contributed by atoms with Gasteiger partial charge in [0.15, 0.2) is 5.78 Å². The molecule has 6 nitrogen and oxygen atoms in total. The van der Waals surface area contributed by atoms with Gasteiger partial charge in [-0.3, -0.25) is 14.9 Å². The van der Waals surface area contributed by atoms with Gasteiger partial charge in [0.25, 0.3) is 5.69 Å². The van der Waals surface area contributed by atoms with Crippen molar-refractivity contribution in [2.45, 2.75) is 33.2 Å². The number of benzene rings is 1. The van der Waals surface area contributed by atoms with Crippen molar-refractivity contribution in [2.24, 2.45) is 0 Å². The molecular weight excluding hydrogens is 260 g/mol. The maximum atomic E-state index is 11.6. The van der Waals surface area contributed by atoms with Crippen LogP contribution in [0.4, 0.5) is 11.4 Å². The van der Waals surface area contributed by atoms with Crippen LogP contribution < -0.4 is 4.90 Å². The average molecular weight is 280 g/mol. The SMILES string of the molecule is CC(=O)c1cc(N(CCCO)C(C)C)ccc1[N+](=O)[O-]. The lowest BCUT2D eigenvalue weighted by Crippen LogP contribution is -2.32. The van der Waals surface area contributed by atoms with Gasteiger partial charge in [-0.2, -0.15) is 0 Å². The van der Waals surface area contributed by atoms with Gasteiger partial charge in [-0.05, 0) is 39.3 Å². The van der Waals surface area contributed by atoms with Crippen LogP contribution in [0, 0.1) is 10.1 Å². The predicted molar refractivity (Wildman–Crippen MR) is 77.3 cm³/mol. The molecule has 0 aromatic heterocycles. The summed E-state index contributed by atoms with van der Waals surface area (Å²) in [4.78, 5) is 23.9. The van der Waals surface area contributed by atoms with E-state index in [0.29, 0.717) is 13.0 Å². The van der Waals surface area contributed by atoms with E-state index in [9.17, 15) is 14.9 Å². The van der Waals surface area contributed by atoms with Crippen molar-refractivity contribution in [3.8, 4) is 0 Å². The highest BCUT2D eigenvalue weighted by Gasteiger charge is 2.20. The van der Waals surface area contributed by atoms with E-state index in [0.717, 1.165) is 5.69 Å². The van der Waals surface area contributed by atoms with Gasteiger partial charge < -0.3 is 10.0 Å². The summed E-state index contributed by atoms with van der Waals surface area (Å²) in [5.41, 5.74) is 0.693. The molecule has 1 aromatic rings. The molecule has 0 spiro atoms. The molecule has 1 aromatic carbocycles. The number of Topliss-reactive ketones (excluding diaryl/α,β-unsaturated/α-hetero) is 1. The van der Waals surface area contributed by atoms with Crippen LogP contribution in [-0.4, -0.2) is 35.0 Å². The Morgan fingerprint density at radius 1 is 1.45 bits per heavy atom. The minimum absolute atomic E-state index is 0.0791. The van der Waals surface area contributed by atoms with Gasteiger partial charge >= 0.3 is 0 Å². The summed E-state index contributed by atoms with van der Waals surface area (Å²) in [5.74, 6) is -0.329. The quantitative estimate of drug-likeness (QED) is 0.471. The van der Waals surface area contributed by atoms with Crippen LogP contribution in [0.5, 0.6) is 0 Å². The summed E-state index contributed by atoms with van der Waals surface area (Å²) in [6, 6.07) is 4.73. The van der Waals surface area contributed by atoms with E-state index in [1.807, 2.05) is 18.7 Å². The normalized spacial score (nSPS) is 10.7. The summed E-state index contributed by atoms with van der Waals surface area (Å²) < 4.78 is 0. The Balaban J connectivity index is 3.20. The van der Waals surface area contributed by atoms with E-state index in [1.165, 1.54) is 13.0 Å². The van der Waals surface area contributed by atoms with E-state index < -0.39 is 4.92 Å². The highest BCUT2D eigenvalue weighted by molar-refractivity contribution is 5.99. The highest BCUT2D eigenvalue weighted by atomic mass is 16.6.